The van der Waals surface area contributed by atoms with Gasteiger partial charge in [-0.15, -0.1) is 0 Å². The molecule has 0 fully saturated rings. The first-order valence-electron chi connectivity index (χ1n) is 9.61. The number of amides is 2. The Morgan fingerprint density at radius 1 is 0.935 bits per heavy atom. The molecule has 3 aromatic carbocycles. The second-order valence-corrected chi connectivity index (χ2v) is 6.71. The predicted molar refractivity (Wildman–Crippen MR) is 119 cm³/mol. The average molecular weight is 417 g/mol. The van der Waals surface area contributed by atoms with Crippen molar-refractivity contribution in [3.63, 3.8) is 0 Å². The van der Waals surface area contributed by atoms with E-state index in [1.54, 1.807) is 43.5 Å². The fourth-order valence-electron chi connectivity index (χ4n) is 2.75. The van der Waals surface area contributed by atoms with Crippen LogP contribution in [0.15, 0.2) is 77.9 Å². The standard InChI is InChI=1S/C24H23N3O4/c1-17-7-6-10-20(13-17)26-23(28)24(29)27-25-15-19-11-12-21(22(14-19)30-2)31-16-18-8-4-3-5-9-18/h3-15H,16H2,1-2H3,(H,26,28)(H,27,29)/b25-15-. The maximum Gasteiger partial charge on any atom is 0.329 e. The van der Waals surface area contributed by atoms with Crippen LogP contribution in [-0.2, 0) is 16.2 Å². The summed E-state index contributed by atoms with van der Waals surface area (Å²) in [5.74, 6) is -0.550. The molecule has 0 saturated heterocycles. The first-order valence-corrected chi connectivity index (χ1v) is 9.61. The lowest BCUT2D eigenvalue weighted by molar-refractivity contribution is -0.136. The number of hydrogen-bond acceptors (Lipinski definition) is 5. The first kappa shape index (κ1) is 21.6. The Balaban J connectivity index is 1.56. The maximum atomic E-state index is 12.0. The topological polar surface area (TPSA) is 89.0 Å². The first-order chi connectivity index (χ1) is 15.0. The summed E-state index contributed by atoms with van der Waals surface area (Å²) >= 11 is 0. The van der Waals surface area contributed by atoms with E-state index in [1.807, 2.05) is 43.3 Å². The molecule has 2 amide bonds. The Bertz CT molecular complexity index is 1080. The van der Waals surface area contributed by atoms with Crippen LogP contribution in [0.3, 0.4) is 0 Å². The number of hydrazone groups is 1. The molecule has 2 N–H and O–H groups in total. The summed E-state index contributed by atoms with van der Waals surface area (Å²) in [6.45, 7) is 2.31. The smallest absolute Gasteiger partial charge is 0.329 e. The minimum atomic E-state index is -0.868. The molecule has 3 rings (SSSR count). The monoisotopic (exact) mass is 417 g/mol. The lowest BCUT2D eigenvalue weighted by Crippen LogP contribution is -2.32. The van der Waals surface area contributed by atoms with Gasteiger partial charge in [0.15, 0.2) is 11.5 Å². The van der Waals surface area contributed by atoms with E-state index in [0.717, 1.165) is 11.1 Å². The van der Waals surface area contributed by atoms with Crippen molar-refractivity contribution in [2.45, 2.75) is 13.5 Å². The number of nitrogens with one attached hydrogen (secondary N) is 2. The van der Waals surface area contributed by atoms with Gasteiger partial charge >= 0.3 is 11.8 Å². The third-order valence-corrected chi connectivity index (χ3v) is 4.29. The summed E-state index contributed by atoms with van der Waals surface area (Å²) < 4.78 is 11.2. The Morgan fingerprint density at radius 3 is 2.48 bits per heavy atom. The van der Waals surface area contributed by atoms with E-state index < -0.39 is 11.8 Å². The molecule has 31 heavy (non-hydrogen) atoms. The normalized spacial score (nSPS) is 10.5. The third kappa shape index (κ3) is 6.43. The third-order valence-electron chi connectivity index (χ3n) is 4.29. The van der Waals surface area contributed by atoms with E-state index >= 15 is 0 Å². The molecule has 7 nitrogen and oxygen atoms in total. The molecule has 0 bridgehead atoms. The van der Waals surface area contributed by atoms with Crippen LogP contribution in [0.1, 0.15) is 16.7 Å². The van der Waals surface area contributed by atoms with Gasteiger partial charge in [-0.2, -0.15) is 5.10 Å². The van der Waals surface area contributed by atoms with Crippen molar-refractivity contribution < 1.29 is 19.1 Å². The van der Waals surface area contributed by atoms with Gasteiger partial charge in [0.25, 0.3) is 0 Å². The van der Waals surface area contributed by atoms with Crippen LogP contribution in [0.2, 0.25) is 0 Å². The number of anilines is 1. The highest BCUT2D eigenvalue weighted by molar-refractivity contribution is 6.39. The molecule has 0 aliphatic rings. The fraction of sp³-hybridized carbons (Fsp3) is 0.125. The fourth-order valence-corrected chi connectivity index (χ4v) is 2.75. The van der Waals surface area contributed by atoms with Gasteiger partial charge in [-0.05, 0) is 53.9 Å². The molecule has 158 valence electrons. The largest absolute Gasteiger partial charge is 0.493 e. The van der Waals surface area contributed by atoms with E-state index in [2.05, 4.69) is 15.8 Å². The number of aryl methyl sites for hydroxylation is 1. The van der Waals surface area contributed by atoms with Crippen molar-refractivity contribution >= 4 is 23.7 Å². The molecule has 3 aromatic rings. The van der Waals surface area contributed by atoms with Gasteiger partial charge in [0.05, 0.1) is 13.3 Å². The van der Waals surface area contributed by atoms with Gasteiger partial charge in [0.2, 0.25) is 0 Å². The summed E-state index contributed by atoms with van der Waals surface area (Å²) in [7, 11) is 1.54. The van der Waals surface area contributed by atoms with Crippen LogP contribution >= 0.6 is 0 Å². The minimum absolute atomic E-state index is 0.413. The van der Waals surface area contributed by atoms with Crippen LogP contribution in [-0.4, -0.2) is 25.1 Å². The summed E-state index contributed by atoms with van der Waals surface area (Å²) in [6.07, 6.45) is 1.42. The Labute approximate surface area is 180 Å². The number of benzene rings is 3. The Kier molecular flexibility index (Phi) is 7.37. The lowest BCUT2D eigenvalue weighted by Gasteiger charge is -2.11. The number of nitrogens with zero attached hydrogens (tertiary/aromatic N) is 1. The molecule has 7 heteroatoms. The molecule has 0 aliphatic carbocycles. The molecule has 0 heterocycles. The quantitative estimate of drug-likeness (QED) is 0.349. The zero-order valence-corrected chi connectivity index (χ0v) is 17.3. The molecule has 0 aromatic heterocycles. The van der Waals surface area contributed by atoms with Crippen LogP contribution in [0, 0.1) is 6.92 Å². The van der Waals surface area contributed by atoms with E-state index in [1.165, 1.54) is 6.21 Å². The minimum Gasteiger partial charge on any atom is -0.493 e. The number of hydrogen-bond donors (Lipinski definition) is 2. The second kappa shape index (κ2) is 10.6. The van der Waals surface area contributed by atoms with Gasteiger partial charge < -0.3 is 14.8 Å². The molecule has 0 unspecified atom stereocenters. The van der Waals surface area contributed by atoms with Crippen LogP contribution in [0.4, 0.5) is 5.69 Å². The zero-order chi connectivity index (χ0) is 22.1. The predicted octanol–water partition coefficient (Wildman–Crippen LogP) is 3.67. The zero-order valence-electron chi connectivity index (χ0n) is 17.3. The SMILES string of the molecule is COc1cc(/C=N\NC(=O)C(=O)Nc2cccc(C)c2)ccc1OCc1ccccc1. The summed E-state index contributed by atoms with van der Waals surface area (Å²) in [5, 5.41) is 6.36. The van der Waals surface area contributed by atoms with Crippen molar-refractivity contribution in [1.29, 1.82) is 0 Å². The maximum absolute atomic E-state index is 12.0. The summed E-state index contributed by atoms with van der Waals surface area (Å²) in [5.41, 5.74) is 5.44. The van der Waals surface area contributed by atoms with Crippen molar-refractivity contribution in [1.82, 2.24) is 5.43 Å². The molecule has 0 atom stereocenters. The van der Waals surface area contributed by atoms with E-state index in [-0.39, 0.29) is 0 Å². The van der Waals surface area contributed by atoms with Crippen molar-refractivity contribution in [3.05, 3.63) is 89.5 Å². The molecule has 0 saturated carbocycles. The highest BCUT2D eigenvalue weighted by Crippen LogP contribution is 2.28. The van der Waals surface area contributed by atoms with Gasteiger partial charge in [0, 0.05) is 5.69 Å². The van der Waals surface area contributed by atoms with Gasteiger partial charge in [-0.1, -0.05) is 42.5 Å². The Morgan fingerprint density at radius 2 is 1.74 bits per heavy atom. The van der Waals surface area contributed by atoms with E-state index in [0.29, 0.717) is 29.4 Å². The summed E-state index contributed by atoms with van der Waals surface area (Å²) in [6, 6.07) is 22.2. The van der Waals surface area contributed by atoms with E-state index in [4.69, 9.17) is 9.47 Å². The van der Waals surface area contributed by atoms with Gasteiger partial charge in [0.1, 0.15) is 6.61 Å². The van der Waals surface area contributed by atoms with Crippen LogP contribution in [0.5, 0.6) is 11.5 Å². The average Bonchev–Trinajstić information content (AvgIpc) is 2.78. The van der Waals surface area contributed by atoms with Crippen molar-refractivity contribution in [3.8, 4) is 11.5 Å². The number of rotatable bonds is 7. The number of carbonyl (C=O) groups excluding carboxylic acids is 2. The van der Waals surface area contributed by atoms with Crippen molar-refractivity contribution in [2.24, 2.45) is 5.10 Å². The molecule has 0 aliphatic heterocycles. The van der Waals surface area contributed by atoms with E-state index in [9.17, 15) is 9.59 Å². The number of carbonyl (C=O) groups is 2. The van der Waals surface area contributed by atoms with Gasteiger partial charge in [-0.3, -0.25) is 9.59 Å². The molecular weight excluding hydrogens is 394 g/mol. The van der Waals surface area contributed by atoms with Gasteiger partial charge in [-0.25, -0.2) is 5.43 Å². The number of ether oxygens (including phenoxy) is 2. The molecule has 0 spiro atoms. The Hall–Kier alpha value is -4.13. The van der Waals surface area contributed by atoms with Crippen LogP contribution < -0.4 is 20.2 Å². The number of methoxy groups -OCH3 is 1. The van der Waals surface area contributed by atoms with Crippen LogP contribution in [0.25, 0.3) is 0 Å². The lowest BCUT2D eigenvalue weighted by atomic mass is 10.2. The molecular formula is C24H23N3O4. The molecule has 0 radical (unpaired) electrons. The highest BCUT2D eigenvalue weighted by atomic mass is 16.5. The highest BCUT2D eigenvalue weighted by Gasteiger charge is 2.13. The second-order valence-electron chi connectivity index (χ2n) is 6.71. The summed E-state index contributed by atoms with van der Waals surface area (Å²) in [4.78, 5) is 23.9. The van der Waals surface area contributed by atoms with Crippen molar-refractivity contribution in [2.75, 3.05) is 12.4 Å².